The monoisotopic (exact) mass is 386 g/mol. The third kappa shape index (κ3) is 2.75. The van der Waals surface area contributed by atoms with Gasteiger partial charge in [0.2, 0.25) is 0 Å². The number of fused-ring (bicyclic) bond motifs is 2. The minimum atomic E-state index is -0.142. The normalized spacial score (nSPS) is 11.5. The van der Waals surface area contributed by atoms with Crippen LogP contribution < -0.4 is 5.69 Å². The Hall–Kier alpha value is -4.01. The molecule has 3 aromatic heterocycles. The van der Waals surface area contributed by atoms with Gasteiger partial charge in [0.05, 0.1) is 35.2 Å². The van der Waals surface area contributed by atoms with Gasteiger partial charge in [0.15, 0.2) is 5.82 Å². The van der Waals surface area contributed by atoms with Crippen molar-refractivity contribution in [3.05, 3.63) is 77.2 Å². The van der Waals surface area contributed by atoms with Crippen LogP contribution in [0.2, 0.25) is 0 Å². The Balaban J connectivity index is 1.69. The molecule has 0 atom stereocenters. The summed E-state index contributed by atoms with van der Waals surface area (Å²) in [5.41, 5.74) is 3.98. The van der Waals surface area contributed by atoms with E-state index in [4.69, 9.17) is 4.98 Å². The van der Waals surface area contributed by atoms with Gasteiger partial charge >= 0.3 is 5.69 Å². The first-order chi connectivity index (χ1) is 14.1. The van der Waals surface area contributed by atoms with Crippen molar-refractivity contribution in [3.8, 4) is 0 Å². The third-order valence-corrected chi connectivity index (χ3v) is 4.94. The number of aromatic amines is 1. The smallest absolute Gasteiger partial charge is 0.319 e. The summed E-state index contributed by atoms with van der Waals surface area (Å²) in [6.45, 7) is 6.50. The fourth-order valence-electron chi connectivity index (χ4n) is 3.68. The molecule has 9 nitrogen and oxygen atoms in total. The molecule has 0 unspecified atom stereocenters. The Bertz CT molecular complexity index is 1400. The van der Waals surface area contributed by atoms with E-state index in [1.807, 2.05) is 60.0 Å². The zero-order valence-electron chi connectivity index (χ0n) is 15.8. The van der Waals surface area contributed by atoms with Gasteiger partial charge in [-0.15, -0.1) is 10.2 Å². The summed E-state index contributed by atoms with van der Waals surface area (Å²) in [6.07, 6.45) is 0. The molecule has 0 radical (unpaired) electrons. The number of allylic oxidation sites excluding steroid dienone is 1. The molecule has 5 rings (SSSR count). The van der Waals surface area contributed by atoms with Crippen molar-refractivity contribution >= 4 is 27.8 Å². The molecule has 0 spiro atoms. The van der Waals surface area contributed by atoms with E-state index in [-0.39, 0.29) is 5.69 Å². The van der Waals surface area contributed by atoms with E-state index in [2.05, 4.69) is 27.2 Å². The summed E-state index contributed by atoms with van der Waals surface area (Å²) in [7, 11) is 0. The fourth-order valence-corrected chi connectivity index (χ4v) is 3.68. The van der Waals surface area contributed by atoms with E-state index in [1.54, 1.807) is 9.13 Å². The quantitative estimate of drug-likeness (QED) is 0.499. The molecule has 0 saturated carbocycles. The van der Waals surface area contributed by atoms with Crippen LogP contribution in [-0.2, 0) is 13.1 Å². The van der Waals surface area contributed by atoms with Gasteiger partial charge in [-0.05, 0) is 31.2 Å². The summed E-state index contributed by atoms with van der Waals surface area (Å²) < 4.78 is 5.36. The van der Waals surface area contributed by atoms with Crippen molar-refractivity contribution in [1.29, 1.82) is 0 Å². The van der Waals surface area contributed by atoms with Crippen LogP contribution in [0.25, 0.3) is 27.8 Å². The zero-order valence-corrected chi connectivity index (χ0v) is 15.8. The first kappa shape index (κ1) is 17.1. The van der Waals surface area contributed by atoms with Gasteiger partial charge in [0.1, 0.15) is 5.82 Å². The summed E-state index contributed by atoms with van der Waals surface area (Å²) in [5.74, 6) is 1.29. The van der Waals surface area contributed by atoms with Gasteiger partial charge in [-0.3, -0.25) is 9.13 Å². The molecule has 1 N–H and O–H groups in total. The number of nitrogens with one attached hydrogen (secondary N) is 1. The average molecular weight is 386 g/mol. The number of rotatable bonds is 5. The summed E-state index contributed by atoms with van der Waals surface area (Å²) >= 11 is 0. The van der Waals surface area contributed by atoms with Gasteiger partial charge in [0.25, 0.3) is 0 Å². The maximum Gasteiger partial charge on any atom is 0.333 e. The molecule has 0 aliphatic carbocycles. The molecular formula is C20H18N8O. The highest BCUT2D eigenvalue weighted by atomic mass is 16.1. The summed E-state index contributed by atoms with van der Waals surface area (Å²) in [4.78, 5) is 17.9. The van der Waals surface area contributed by atoms with Crippen LogP contribution >= 0.6 is 0 Å². The van der Waals surface area contributed by atoms with Gasteiger partial charge in [0, 0.05) is 5.70 Å². The number of para-hydroxylation sites is 4. The number of nitrogens with zero attached hydrogens (tertiary/aromatic N) is 7. The lowest BCUT2D eigenvalue weighted by Crippen LogP contribution is -2.25. The zero-order chi connectivity index (χ0) is 20.0. The Labute approximate surface area is 164 Å². The van der Waals surface area contributed by atoms with E-state index in [9.17, 15) is 4.79 Å². The van der Waals surface area contributed by atoms with Gasteiger partial charge in [-0.2, -0.15) is 5.21 Å². The number of imidazole rings is 2. The number of aromatic nitrogens is 8. The van der Waals surface area contributed by atoms with E-state index in [0.29, 0.717) is 24.6 Å². The van der Waals surface area contributed by atoms with Crippen molar-refractivity contribution in [2.75, 3.05) is 0 Å². The lowest BCUT2D eigenvalue weighted by molar-refractivity contribution is 0.655. The number of H-pyrrole nitrogens is 1. The van der Waals surface area contributed by atoms with Gasteiger partial charge < -0.3 is 4.57 Å². The van der Waals surface area contributed by atoms with Gasteiger partial charge in [-0.1, -0.05) is 36.1 Å². The van der Waals surface area contributed by atoms with Crippen LogP contribution in [0.5, 0.6) is 0 Å². The number of hydrogen-bond acceptors (Lipinski definition) is 5. The second kappa shape index (κ2) is 6.55. The molecule has 0 amide bonds. The molecule has 144 valence electrons. The third-order valence-electron chi connectivity index (χ3n) is 4.94. The molecule has 0 fully saturated rings. The van der Waals surface area contributed by atoms with Crippen LogP contribution in [0.15, 0.2) is 59.9 Å². The van der Waals surface area contributed by atoms with Crippen LogP contribution in [0.4, 0.5) is 0 Å². The van der Waals surface area contributed by atoms with Crippen LogP contribution in [0.3, 0.4) is 0 Å². The highest BCUT2D eigenvalue weighted by Gasteiger charge is 2.18. The van der Waals surface area contributed by atoms with E-state index < -0.39 is 0 Å². The molecule has 29 heavy (non-hydrogen) atoms. The maximum absolute atomic E-state index is 13.2. The molecule has 0 saturated heterocycles. The largest absolute Gasteiger partial charge is 0.333 e. The van der Waals surface area contributed by atoms with E-state index in [1.165, 1.54) is 0 Å². The fraction of sp³-hybridized carbons (Fsp3) is 0.150. The Morgan fingerprint density at radius 3 is 2.45 bits per heavy atom. The van der Waals surface area contributed by atoms with Gasteiger partial charge in [-0.25, -0.2) is 9.78 Å². The molecular weight excluding hydrogens is 368 g/mol. The lowest BCUT2D eigenvalue weighted by Gasteiger charge is -2.08. The molecule has 9 heteroatoms. The number of hydrogen-bond donors (Lipinski definition) is 1. The van der Waals surface area contributed by atoms with Crippen LogP contribution in [0, 0.1) is 0 Å². The number of benzene rings is 2. The first-order valence-corrected chi connectivity index (χ1v) is 9.16. The molecule has 3 heterocycles. The van der Waals surface area contributed by atoms with E-state index in [0.717, 1.165) is 27.9 Å². The molecule has 0 aliphatic rings. The molecule has 2 aromatic carbocycles. The van der Waals surface area contributed by atoms with Crippen molar-refractivity contribution < 1.29 is 0 Å². The van der Waals surface area contributed by atoms with Crippen molar-refractivity contribution in [2.24, 2.45) is 0 Å². The summed E-state index contributed by atoms with van der Waals surface area (Å²) in [5, 5.41) is 14.2. The highest BCUT2D eigenvalue weighted by Crippen LogP contribution is 2.20. The van der Waals surface area contributed by atoms with Crippen molar-refractivity contribution in [2.45, 2.75) is 20.0 Å². The topological polar surface area (TPSA) is 99.2 Å². The Morgan fingerprint density at radius 1 is 1.00 bits per heavy atom. The Kier molecular flexibility index (Phi) is 3.87. The maximum atomic E-state index is 13.2. The SMILES string of the molecule is C=C(C)n1c(=O)n(Cc2nc3ccccc3n2Cc2nn[nH]n2)c2ccccc21. The highest BCUT2D eigenvalue weighted by molar-refractivity contribution is 5.80. The first-order valence-electron chi connectivity index (χ1n) is 9.16. The summed E-state index contributed by atoms with van der Waals surface area (Å²) in [6, 6.07) is 15.5. The minimum absolute atomic E-state index is 0.142. The predicted octanol–water partition coefficient (Wildman–Crippen LogP) is 2.25. The Morgan fingerprint density at radius 2 is 1.72 bits per heavy atom. The molecule has 0 aliphatic heterocycles. The van der Waals surface area contributed by atoms with E-state index >= 15 is 0 Å². The lowest BCUT2D eigenvalue weighted by atomic mass is 10.3. The number of tetrazole rings is 1. The molecule has 0 bridgehead atoms. The molecule has 5 aromatic rings. The van der Waals surface area contributed by atoms with Crippen molar-refractivity contribution in [1.82, 2.24) is 39.3 Å². The second-order valence-electron chi connectivity index (χ2n) is 6.86. The van der Waals surface area contributed by atoms with Crippen molar-refractivity contribution in [3.63, 3.8) is 0 Å². The van der Waals surface area contributed by atoms with Crippen LogP contribution in [0.1, 0.15) is 18.6 Å². The minimum Gasteiger partial charge on any atom is -0.319 e. The standard InChI is InChI=1S/C20H18N8O/c1-13(2)28-17-10-6-5-9-16(17)27(20(28)29)12-19-21-14-7-3-4-8-15(14)26(19)11-18-22-24-25-23-18/h3-10H,1,11-12H2,2H3,(H,22,23,24,25). The average Bonchev–Trinajstić information content (AvgIpc) is 3.41. The van der Waals surface area contributed by atoms with Crippen LogP contribution in [-0.4, -0.2) is 39.3 Å². The second-order valence-corrected chi connectivity index (χ2v) is 6.86. The predicted molar refractivity (Wildman–Crippen MR) is 109 cm³/mol.